The second kappa shape index (κ2) is 8.04. The van der Waals surface area contributed by atoms with Crippen molar-refractivity contribution in [3.63, 3.8) is 0 Å². The van der Waals surface area contributed by atoms with Gasteiger partial charge in [0, 0.05) is 6.54 Å². The van der Waals surface area contributed by atoms with Crippen molar-refractivity contribution in [2.24, 2.45) is 0 Å². The second-order valence-electron chi connectivity index (χ2n) is 4.76. The number of esters is 1. The highest BCUT2D eigenvalue weighted by Gasteiger charge is 2.12. The van der Waals surface area contributed by atoms with Crippen molar-refractivity contribution in [2.45, 2.75) is 27.2 Å². The van der Waals surface area contributed by atoms with Gasteiger partial charge < -0.3 is 10.1 Å². The third-order valence-electron chi connectivity index (χ3n) is 2.58. The predicted octanol–water partition coefficient (Wildman–Crippen LogP) is 1.70. The Morgan fingerprint density at radius 3 is 2.29 bits per heavy atom. The molecule has 1 aromatic carbocycles. The number of urea groups is 1. The van der Waals surface area contributed by atoms with Crippen molar-refractivity contribution in [3.8, 4) is 0 Å². The summed E-state index contributed by atoms with van der Waals surface area (Å²) < 4.78 is 4.87. The van der Waals surface area contributed by atoms with Gasteiger partial charge in [0.05, 0.1) is 5.56 Å². The summed E-state index contributed by atoms with van der Waals surface area (Å²) in [5.41, 5.74) is 2.26. The Bertz CT molecular complexity index is 520. The number of carbonyl (C=O) groups excluding carboxylic acids is 3. The van der Waals surface area contributed by atoms with Gasteiger partial charge in [0.25, 0.3) is 5.91 Å². The summed E-state index contributed by atoms with van der Waals surface area (Å²) in [4.78, 5) is 34.5. The smallest absolute Gasteiger partial charge is 0.338 e. The molecule has 1 aromatic rings. The first-order valence-electron chi connectivity index (χ1n) is 6.75. The summed E-state index contributed by atoms with van der Waals surface area (Å²) in [6, 6.07) is 4.70. The standard InChI is InChI=1S/C15H20N2O4/c1-4-5-16-15(20)17-13(18)9-21-14(19)12-7-10(2)6-11(3)8-12/h6-8H,4-5,9H2,1-3H3,(H2,16,17,18,20). The lowest BCUT2D eigenvalue weighted by Gasteiger charge is -2.07. The molecule has 0 spiro atoms. The number of carbonyl (C=O) groups is 3. The maximum atomic E-state index is 11.8. The quantitative estimate of drug-likeness (QED) is 0.809. The van der Waals surface area contributed by atoms with E-state index in [1.165, 1.54) is 0 Å². The van der Waals surface area contributed by atoms with E-state index in [4.69, 9.17) is 4.74 Å². The van der Waals surface area contributed by atoms with Gasteiger partial charge in [-0.1, -0.05) is 24.1 Å². The van der Waals surface area contributed by atoms with Gasteiger partial charge in [0.2, 0.25) is 0 Å². The molecule has 0 aliphatic carbocycles. The highest BCUT2D eigenvalue weighted by molar-refractivity contribution is 5.97. The van der Waals surface area contributed by atoms with E-state index in [2.05, 4.69) is 10.6 Å². The van der Waals surface area contributed by atoms with Crippen LogP contribution < -0.4 is 10.6 Å². The normalized spacial score (nSPS) is 9.86. The molecule has 21 heavy (non-hydrogen) atoms. The maximum Gasteiger partial charge on any atom is 0.338 e. The summed E-state index contributed by atoms with van der Waals surface area (Å²) in [5, 5.41) is 4.56. The minimum Gasteiger partial charge on any atom is -0.452 e. The van der Waals surface area contributed by atoms with Crippen LogP contribution >= 0.6 is 0 Å². The Labute approximate surface area is 123 Å². The zero-order valence-electron chi connectivity index (χ0n) is 12.5. The first-order chi connectivity index (χ1) is 9.92. The number of rotatable bonds is 5. The van der Waals surface area contributed by atoms with Gasteiger partial charge in [-0.2, -0.15) is 0 Å². The Hall–Kier alpha value is -2.37. The van der Waals surface area contributed by atoms with Crippen molar-refractivity contribution in [1.82, 2.24) is 10.6 Å². The van der Waals surface area contributed by atoms with Crippen LogP contribution in [0, 0.1) is 13.8 Å². The Balaban J connectivity index is 2.45. The summed E-state index contributed by atoms with van der Waals surface area (Å²) >= 11 is 0. The lowest BCUT2D eigenvalue weighted by atomic mass is 10.1. The molecule has 0 heterocycles. The molecule has 1 rings (SSSR count). The molecular weight excluding hydrogens is 272 g/mol. The number of nitrogens with one attached hydrogen (secondary N) is 2. The minimum absolute atomic E-state index is 0.385. The highest BCUT2D eigenvalue weighted by atomic mass is 16.5. The Morgan fingerprint density at radius 1 is 1.10 bits per heavy atom. The van der Waals surface area contributed by atoms with E-state index >= 15 is 0 Å². The van der Waals surface area contributed by atoms with Gasteiger partial charge in [-0.05, 0) is 32.4 Å². The molecule has 6 heteroatoms. The fourth-order valence-electron chi connectivity index (χ4n) is 1.75. The summed E-state index contributed by atoms with van der Waals surface area (Å²) in [7, 11) is 0. The summed E-state index contributed by atoms with van der Waals surface area (Å²) in [6.45, 7) is 5.61. The molecule has 0 radical (unpaired) electrons. The van der Waals surface area contributed by atoms with Gasteiger partial charge in [-0.25, -0.2) is 9.59 Å². The molecule has 0 saturated heterocycles. The lowest BCUT2D eigenvalue weighted by molar-refractivity contribution is -0.123. The van der Waals surface area contributed by atoms with Crippen molar-refractivity contribution >= 4 is 17.9 Å². The van der Waals surface area contributed by atoms with E-state index in [1.807, 2.05) is 26.8 Å². The monoisotopic (exact) mass is 292 g/mol. The molecule has 0 aliphatic rings. The molecule has 6 nitrogen and oxygen atoms in total. The molecule has 0 bridgehead atoms. The van der Waals surface area contributed by atoms with Crippen molar-refractivity contribution in [2.75, 3.05) is 13.2 Å². The SMILES string of the molecule is CCCNC(=O)NC(=O)COC(=O)c1cc(C)cc(C)c1. The molecule has 3 amide bonds. The van der Waals surface area contributed by atoms with E-state index < -0.39 is 24.5 Å². The van der Waals surface area contributed by atoms with E-state index in [0.29, 0.717) is 12.1 Å². The molecule has 0 atom stereocenters. The number of hydrogen-bond acceptors (Lipinski definition) is 4. The van der Waals surface area contributed by atoms with Crippen LogP contribution in [0.3, 0.4) is 0 Å². The van der Waals surface area contributed by atoms with E-state index in [9.17, 15) is 14.4 Å². The largest absolute Gasteiger partial charge is 0.452 e. The molecule has 0 aliphatic heterocycles. The Morgan fingerprint density at radius 2 is 1.71 bits per heavy atom. The van der Waals surface area contributed by atoms with Gasteiger partial charge in [-0.15, -0.1) is 0 Å². The van der Waals surface area contributed by atoms with Crippen LogP contribution in [0.15, 0.2) is 18.2 Å². The number of amides is 3. The van der Waals surface area contributed by atoms with Crippen LogP contribution in [0.1, 0.15) is 34.8 Å². The van der Waals surface area contributed by atoms with Crippen LogP contribution in [0.5, 0.6) is 0 Å². The zero-order chi connectivity index (χ0) is 15.8. The number of hydrogen-bond donors (Lipinski definition) is 2. The molecule has 114 valence electrons. The third-order valence-corrected chi connectivity index (χ3v) is 2.58. The number of aryl methyl sites for hydroxylation is 2. The van der Waals surface area contributed by atoms with Crippen LogP contribution in [-0.2, 0) is 9.53 Å². The summed E-state index contributed by atoms with van der Waals surface area (Å²) in [6.07, 6.45) is 0.767. The third kappa shape index (κ3) is 6.07. The highest BCUT2D eigenvalue weighted by Crippen LogP contribution is 2.09. The lowest BCUT2D eigenvalue weighted by Crippen LogP contribution is -2.41. The van der Waals surface area contributed by atoms with Crippen LogP contribution in [-0.4, -0.2) is 31.1 Å². The molecule has 0 unspecified atom stereocenters. The van der Waals surface area contributed by atoms with E-state index in [1.54, 1.807) is 12.1 Å². The number of imide groups is 1. The fourth-order valence-corrected chi connectivity index (χ4v) is 1.75. The average Bonchev–Trinajstić information content (AvgIpc) is 2.41. The summed E-state index contributed by atoms with van der Waals surface area (Å²) in [5.74, 6) is -1.26. The molecular formula is C15H20N2O4. The fraction of sp³-hybridized carbons (Fsp3) is 0.400. The zero-order valence-corrected chi connectivity index (χ0v) is 12.5. The minimum atomic E-state index is -0.665. The van der Waals surface area contributed by atoms with Gasteiger partial charge in [-0.3, -0.25) is 10.1 Å². The first-order valence-corrected chi connectivity index (χ1v) is 6.75. The van der Waals surface area contributed by atoms with Crippen molar-refractivity contribution < 1.29 is 19.1 Å². The molecule has 2 N–H and O–H groups in total. The molecule has 0 aromatic heterocycles. The van der Waals surface area contributed by atoms with E-state index in [0.717, 1.165) is 17.5 Å². The van der Waals surface area contributed by atoms with Gasteiger partial charge in [0.15, 0.2) is 6.61 Å². The van der Waals surface area contributed by atoms with Gasteiger partial charge >= 0.3 is 12.0 Å². The van der Waals surface area contributed by atoms with E-state index in [-0.39, 0.29) is 0 Å². The van der Waals surface area contributed by atoms with Gasteiger partial charge in [0.1, 0.15) is 0 Å². The first kappa shape index (κ1) is 16.7. The second-order valence-corrected chi connectivity index (χ2v) is 4.76. The number of benzene rings is 1. The molecule has 0 saturated carbocycles. The van der Waals surface area contributed by atoms with Crippen LogP contribution in [0.25, 0.3) is 0 Å². The Kier molecular flexibility index (Phi) is 6.39. The number of ether oxygens (including phenoxy) is 1. The van der Waals surface area contributed by atoms with Crippen LogP contribution in [0.4, 0.5) is 4.79 Å². The average molecular weight is 292 g/mol. The topological polar surface area (TPSA) is 84.5 Å². The van der Waals surface area contributed by atoms with Crippen molar-refractivity contribution in [3.05, 3.63) is 34.9 Å². The molecule has 0 fully saturated rings. The predicted molar refractivity (Wildman–Crippen MR) is 78.0 cm³/mol. The maximum absolute atomic E-state index is 11.8. The van der Waals surface area contributed by atoms with Crippen LogP contribution in [0.2, 0.25) is 0 Å². The van der Waals surface area contributed by atoms with Crippen molar-refractivity contribution in [1.29, 1.82) is 0 Å².